The van der Waals surface area contributed by atoms with Crippen molar-refractivity contribution in [2.24, 2.45) is 0 Å². The molecule has 0 aliphatic rings. The third kappa shape index (κ3) is 3.68. The maximum absolute atomic E-state index is 12.6. The lowest BCUT2D eigenvalue weighted by molar-refractivity contribution is 0.0941. The summed E-state index contributed by atoms with van der Waals surface area (Å²) in [5.41, 5.74) is 2.74. The smallest absolute Gasteiger partial charge is 0.281 e. The van der Waals surface area contributed by atoms with Crippen molar-refractivity contribution in [3.8, 4) is 0 Å². The highest BCUT2D eigenvalue weighted by atomic mass is 32.1. The molecule has 0 saturated carbocycles. The van der Waals surface area contributed by atoms with Crippen LogP contribution >= 0.6 is 11.3 Å². The minimum absolute atomic E-state index is 0.175. The number of rotatable bonds is 5. The van der Waals surface area contributed by atoms with Gasteiger partial charge in [0.1, 0.15) is 0 Å². The van der Waals surface area contributed by atoms with Crippen LogP contribution in [0.15, 0.2) is 60.1 Å². The van der Waals surface area contributed by atoms with Crippen molar-refractivity contribution in [2.45, 2.75) is 25.8 Å². The van der Waals surface area contributed by atoms with Gasteiger partial charge in [0, 0.05) is 11.6 Å². The van der Waals surface area contributed by atoms with Crippen molar-refractivity contribution in [3.63, 3.8) is 0 Å². The Morgan fingerprint density at radius 1 is 1.04 bits per heavy atom. The van der Waals surface area contributed by atoms with Crippen LogP contribution in [0, 0.1) is 0 Å². The van der Waals surface area contributed by atoms with Crippen LogP contribution in [0.1, 0.15) is 52.6 Å². The third-order valence-corrected chi connectivity index (χ3v) is 4.56. The molecule has 3 rings (SSSR count). The molecule has 1 atom stereocenters. The van der Waals surface area contributed by atoms with Gasteiger partial charge in [-0.25, -0.2) is 4.98 Å². The number of carbonyl (C=O) groups excluding carboxylic acids is 1. The molecule has 122 valence electrons. The highest BCUT2D eigenvalue weighted by Crippen LogP contribution is 2.22. The second-order valence-corrected chi connectivity index (χ2v) is 6.66. The lowest BCUT2D eigenvalue weighted by atomic mass is 10.0. The molecule has 0 radical (unpaired) electrons. The van der Waals surface area contributed by atoms with Gasteiger partial charge in [-0.15, -0.1) is 11.3 Å². The summed E-state index contributed by atoms with van der Waals surface area (Å²) in [5.74, 6) is 0.134. The minimum atomic E-state index is -0.300. The number of thiazole rings is 1. The molecule has 0 fully saturated rings. The summed E-state index contributed by atoms with van der Waals surface area (Å²) in [7, 11) is 0. The van der Waals surface area contributed by atoms with Crippen molar-refractivity contribution in [1.29, 1.82) is 0 Å². The van der Waals surface area contributed by atoms with Crippen molar-refractivity contribution >= 4 is 17.2 Å². The van der Waals surface area contributed by atoms with Gasteiger partial charge >= 0.3 is 0 Å². The highest BCUT2D eigenvalue weighted by molar-refractivity contribution is 7.11. The van der Waals surface area contributed by atoms with Gasteiger partial charge in [-0.1, -0.05) is 50.2 Å². The molecule has 0 aliphatic heterocycles. The SMILES string of the molecule is CC(C)c1csc(C(=O)N[C@@H](c2ccccc2)c2ccccn2)n1. The summed E-state index contributed by atoms with van der Waals surface area (Å²) in [5, 5.41) is 5.49. The van der Waals surface area contributed by atoms with E-state index >= 15 is 0 Å². The molecule has 24 heavy (non-hydrogen) atoms. The molecule has 0 unspecified atom stereocenters. The standard InChI is InChI=1S/C19H19N3OS/c1-13(2)16-12-24-19(21-16)18(23)22-17(14-8-4-3-5-9-14)15-10-6-7-11-20-15/h3-13,17H,1-2H3,(H,22,23)/t17-/m0/s1. The Balaban J connectivity index is 1.88. The fraction of sp³-hybridized carbons (Fsp3) is 0.211. The van der Waals surface area contributed by atoms with Crippen LogP contribution in [0.3, 0.4) is 0 Å². The first kappa shape index (κ1) is 16.3. The van der Waals surface area contributed by atoms with Gasteiger partial charge in [-0.3, -0.25) is 9.78 Å². The molecule has 3 aromatic rings. The maximum atomic E-state index is 12.6. The van der Waals surface area contributed by atoms with E-state index in [0.29, 0.717) is 10.9 Å². The number of pyridine rings is 1. The number of carbonyl (C=O) groups is 1. The van der Waals surface area contributed by atoms with Crippen LogP contribution < -0.4 is 5.32 Å². The molecule has 1 aromatic carbocycles. The Morgan fingerprint density at radius 3 is 2.42 bits per heavy atom. The molecule has 0 spiro atoms. The summed E-state index contributed by atoms with van der Waals surface area (Å²) in [4.78, 5) is 21.5. The van der Waals surface area contributed by atoms with Crippen LogP contribution in [-0.2, 0) is 0 Å². The van der Waals surface area contributed by atoms with Crippen molar-refractivity contribution < 1.29 is 4.79 Å². The Bertz CT molecular complexity index is 760. The number of amides is 1. The molecular formula is C19H19N3OS. The van der Waals surface area contributed by atoms with Crippen LogP contribution in [-0.4, -0.2) is 15.9 Å². The number of nitrogens with one attached hydrogen (secondary N) is 1. The molecular weight excluding hydrogens is 318 g/mol. The average molecular weight is 337 g/mol. The van der Waals surface area contributed by atoms with Crippen LogP contribution in [0.5, 0.6) is 0 Å². The highest BCUT2D eigenvalue weighted by Gasteiger charge is 2.21. The van der Waals surface area contributed by atoms with E-state index in [1.807, 2.05) is 53.9 Å². The summed E-state index contributed by atoms with van der Waals surface area (Å²) in [6.45, 7) is 4.13. The summed E-state index contributed by atoms with van der Waals surface area (Å²) >= 11 is 1.37. The number of benzene rings is 1. The van der Waals surface area contributed by atoms with E-state index in [1.165, 1.54) is 11.3 Å². The van der Waals surface area contributed by atoms with Gasteiger partial charge in [-0.05, 0) is 23.6 Å². The summed E-state index contributed by atoms with van der Waals surface area (Å²) in [6, 6.07) is 15.2. The molecule has 1 amide bonds. The fourth-order valence-corrected chi connectivity index (χ4v) is 3.25. The number of hydrogen-bond acceptors (Lipinski definition) is 4. The van der Waals surface area contributed by atoms with Crippen molar-refractivity contribution in [1.82, 2.24) is 15.3 Å². The maximum Gasteiger partial charge on any atom is 0.281 e. The first-order chi connectivity index (χ1) is 11.6. The van der Waals surface area contributed by atoms with Crippen LogP contribution in [0.2, 0.25) is 0 Å². The van der Waals surface area contributed by atoms with Crippen molar-refractivity contribution in [2.75, 3.05) is 0 Å². The van der Waals surface area contributed by atoms with Gasteiger partial charge in [-0.2, -0.15) is 0 Å². The molecule has 0 saturated heterocycles. The number of nitrogens with zero attached hydrogens (tertiary/aromatic N) is 2. The average Bonchev–Trinajstić information content (AvgIpc) is 3.11. The lowest BCUT2D eigenvalue weighted by Crippen LogP contribution is -2.29. The Morgan fingerprint density at radius 2 is 1.79 bits per heavy atom. The first-order valence-electron chi connectivity index (χ1n) is 7.87. The van der Waals surface area contributed by atoms with E-state index in [4.69, 9.17) is 0 Å². The fourth-order valence-electron chi connectivity index (χ4n) is 2.37. The predicted octanol–water partition coefficient (Wildman–Crippen LogP) is 4.18. The van der Waals surface area contributed by atoms with E-state index in [2.05, 4.69) is 29.1 Å². The zero-order chi connectivity index (χ0) is 16.9. The lowest BCUT2D eigenvalue weighted by Gasteiger charge is -2.18. The summed E-state index contributed by atoms with van der Waals surface area (Å²) in [6.07, 6.45) is 1.73. The monoisotopic (exact) mass is 337 g/mol. The molecule has 4 nitrogen and oxygen atoms in total. The van der Waals surface area contributed by atoms with Crippen LogP contribution in [0.4, 0.5) is 0 Å². The predicted molar refractivity (Wildman–Crippen MR) is 96.2 cm³/mol. The zero-order valence-electron chi connectivity index (χ0n) is 13.6. The van der Waals surface area contributed by atoms with Gasteiger partial charge in [0.05, 0.1) is 17.4 Å². The molecule has 2 heterocycles. The second-order valence-electron chi connectivity index (χ2n) is 5.80. The Labute approximate surface area is 145 Å². The number of hydrogen-bond donors (Lipinski definition) is 1. The molecule has 1 N–H and O–H groups in total. The van der Waals surface area contributed by atoms with Gasteiger partial charge in [0.15, 0.2) is 5.01 Å². The summed E-state index contributed by atoms with van der Waals surface area (Å²) < 4.78 is 0. The number of aromatic nitrogens is 2. The molecule has 0 bridgehead atoms. The molecule has 2 aromatic heterocycles. The minimum Gasteiger partial charge on any atom is -0.337 e. The van der Waals surface area contributed by atoms with Gasteiger partial charge < -0.3 is 5.32 Å². The zero-order valence-corrected chi connectivity index (χ0v) is 14.5. The quantitative estimate of drug-likeness (QED) is 0.760. The van der Waals surface area contributed by atoms with E-state index in [0.717, 1.165) is 17.0 Å². The van der Waals surface area contributed by atoms with E-state index in [1.54, 1.807) is 6.20 Å². The Kier molecular flexibility index (Phi) is 5.01. The van der Waals surface area contributed by atoms with E-state index in [-0.39, 0.29) is 11.9 Å². The Hall–Kier alpha value is -2.53. The van der Waals surface area contributed by atoms with Gasteiger partial charge in [0.25, 0.3) is 5.91 Å². The topological polar surface area (TPSA) is 54.9 Å². The molecule has 5 heteroatoms. The van der Waals surface area contributed by atoms with Crippen molar-refractivity contribution in [3.05, 3.63) is 82.1 Å². The van der Waals surface area contributed by atoms with E-state index < -0.39 is 0 Å². The second kappa shape index (κ2) is 7.36. The van der Waals surface area contributed by atoms with Gasteiger partial charge in [0.2, 0.25) is 0 Å². The third-order valence-electron chi connectivity index (χ3n) is 3.70. The van der Waals surface area contributed by atoms with E-state index in [9.17, 15) is 4.79 Å². The van der Waals surface area contributed by atoms with Crippen LogP contribution in [0.25, 0.3) is 0 Å². The normalized spacial score (nSPS) is 12.1. The largest absolute Gasteiger partial charge is 0.337 e. The molecule has 0 aliphatic carbocycles. The first-order valence-corrected chi connectivity index (χ1v) is 8.75.